The molecule has 102 valence electrons. The summed E-state index contributed by atoms with van der Waals surface area (Å²) in [7, 11) is 1.80. The third-order valence-corrected chi connectivity index (χ3v) is 4.25. The second-order valence-corrected chi connectivity index (χ2v) is 5.59. The van der Waals surface area contributed by atoms with Crippen molar-refractivity contribution in [3.8, 4) is 0 Å². The van der Waals surface area contributed by atoms with Crippen LogP contribution in [0, 0.1) is 11.8 Å². The summed E-state index contributed by atoms with van der Waals surface area (Å²) in [4.78, 5) is 2.64. The second-order valence-electron chi connectivity index (χ2n) is 5.59. The van der Waals surface area contributed by atoms with Gasteiger partial charge >= 0.3 is 0 Å². The summed E-state index contributed by atoms with van der Waals surface area (Å²) in [5.41, 5.74) is 5.91. The van der Waals surface area contributed by atoms with Crippen LogP contribution in [0.5, 0.6) is 0 Å². The Hall–Kier alpha value is -0.120. The second kappa shape index (κ2) is 7.34. The molecule has 3 unspecified atom stereocenters. The van der Waals surface area contributed by atoms with Crippen LogP contribution >= 0.6 is 0 Å². The molecule has 0 heterocycles. The van der Waals surface area contributed by atoms with Crippen LogP contribution in [0.15, 0.2) is 0 Å². The van der Waals surface area contributed by atoms with Crippen molar-refractivity contribution < 1.29 is 4.74 Å². The normalized spacial score (nSPS) is 27.0. The van der Waals surface area contributed by atoms with Gasteiger partial charge in [0.1, 0.15) is 0 Å². The van der Waals surface area contributed by atoms with Crippen molar-refractivity contribution in [2.24, 2.45) is 17.6 Å². The Balaban J connectivity index is 2.73. The SMILES string of the molecule is CCN(C(COC)C(C)C)C1CCCC1CN. The summed E-state index contributed by atoms with van der Waals surface area (Å²) in [6, 6.07) is 1.20. The molecule has 1 rings (SSSR count). The Bertz CT molecular complexity index is 206. The van der Waals surface area contributed by atoms with E-state index in [1.54, 1.807) is 7.11 Å². The van der Waals surface area contributed by atoms with Gasteiger partial charge in [-0.1, -0.05) is 27.2 Å². The standard InChI is InChI=1S/C14H30N2O/c1-5-16(14(10-17-4)11(2)3)13-8-6-7-12(13)9-15/h11-14H,5-10,15H2,1-4H3. The zero-order chi connectivity index (χ0) is 12.8. The molecule has 1 aliphatic carbocycles. The maximum atomic E-state index is 5.91. The lowest BCUT2D eigenvalue weighted by atomic mass is 9.96. The highest BCUT2D eigenvalue weighted by Crippen LogP contribution is 2.31. The Morgan fingerprint density at radius 3 is 2.53 bits per heavy atom. The molecule has 1 aliphatic rings. The van der Waals surface area contributed by atoms with Gasteiger partial charge in [-0.2, -0.15) is 0 Å². The highest BCUT2D eigenvalue weighted by molar-refractivity contribution is 4.89. The fourth-order valence-corrected chi connectivity index (χ4v) is 3.29. The number of hydrogen-bond acceptors (Lipinski definition) is 3. The van der Waals surface area contributed by atoms with Gasteiger partial charge in [-0.05, 0) is 37.8 Å². The van der Waals surface area contributed by atoms with E-state index in [0.717, 1.165) is 19.7 Å². The summed E-state index contributed by atoms with van der Waals surface area (Å²) >= 11 is 0. The number of rotatable bonds is 7. The summed E-state index contributed by atoms with van der Waals surface area (Å²) < 4.78 is 5.40. The van der Waals surface area contributed by atoms with Crippen LogP contribution in [-0.2, 0) is 4.74 Å². The zero-order valence-corrected chi connectivity index (χ0v) is 12.0. The molecular formula is C14H30N2O. The third kappa shape index (κ3) is 3.67. The van der Waals surface area contributed by atoms with Crippen LogP contribution in [0.4, 0.5) is 0 Å². The van der Waals surface area contributed by atoms with E-state index in [2.05, 4.69) is 25.7 Å². The Labute approximate surface area is 107 Å². The van der Waals surface area contributed by atoms with E-state index < -0.39 is 0 Å². The molecular weight excluding hydrogens is 212 g/mol. The van der Waals surface area contributed by atoms with Gasteiger partial charge in [-0.3, -0.25) is 4.90 Å². The van der Waals surface area contributed by atoms with E-state index in [1.807, 2.05) is 0 Å². The monoisotopic (exact) mass is 242 g/mol. The molecule has 0 aromatic heterocycles. The first-order valence-electron chi connectivity index (χ1n) is 7.10. The predicted octanol–water partition coefficient (Wildman–Crippen LogP) is 2.11. The van der Waals surface area contributed by atoms with E-state index in [-0.39, 0.29) is 0 Å². The lowest BCUT2D eigenvalue weighted by Crippen LogP contribution is -2.50. The molecule has 3 heteroatoms. The van der Waals surface area contributed by atoms with Crippen LogP contribution in [0.25, 0.3) is 0 Å². The molecule has 2 N–H and O–H groups in total. The van der Waals surface area contributed by atoms with Gasteiger partial charge < -0.3 is 10.5 Å². The molecule has 3 atom stereocenters. The molecule has 1 saturated carbocycles. The van der Waals surface area contributed by atoms with E-state index in [9.17, 15) is 0 Å². The van der Waals surface area contributed by atoms with E-state index in [1.165, 1.54) is 19.3 Å². The van der Waals surface area contributed by atoms with Gasteiger partial charge in [0, 0.05) is 19.2 Å². The maximum Gasteiger partial charge on any atom is 0.0620 e. The minimum Gasteiger partial charge on any atom is -0.383 e. The molecule has 1 fully saturated rings. The largest absolute Gasteiger partial charge is 0.383 e. The van der Waals surface area contributed by atoms with Crippen molar-refractivity contribution in [1.29, 1.82) is 0 Å². The number of ether oxygens (including phenoxy) is 1. The van der Waals surface area contributed by atoms with Crippen LogP contribution in [0.3, 0.4) is 0 Å². The van der Waals surface area contributed by atoms with Crippen molar-refractivity contribution >= 4 is 0 Å². The van der Waals surface area contributed by atoms with Crippen molar-refractivity contribution in [1.82, 2.24) is 4.90 Å². The van der Waals surface area contributed by atoms with E-state index >= 15 is 0 Å². The number of nitrogens with two attached hydrogens (primary N) is 1. The summed E-state index contributed by atoms with van der Waals surface area (Å²) in [6.07, 6.45) is 3.94. The summed E-state index contributed by atoms with van der Waals surface area (Å²) in [5.74, 6) is 1.32. The van der Waals surface area contributed by atoms with Gasteiger partial charge in [-0.15, -0.1) is 0 Å². The Morgan fingerprint density at radius 1 is 1.35 bits per heavy atom. The third-order valence-electron chi connectivity index (χ3n) is 4.25. The number of nitrogens with zero attached hydrogens (tertiary/aromatic N) is 1. The van der Waals surface area contributed by atoms with Gasteiger partial charge in [0.2, 0.25) is 0 Å². The molecule has 0 aromatic rings. The van der Waals surface area contributed by atoms with Crippen molar-refractivity contribution in [2.75, 3.05) is 26.8 Å². The van der Waals surface area contributed by atoms with Crippen LogP contribution in [0.2, 0.25) is 0 Å². The number of hydrogen-bond donors (Lipinski definition) is 1. The van der Waals surface area contributed by atoms with Crippen molar-refractivity contribution in [3.63, 3.8) is 0 Å². The van der Waals surface area contributed by atoms with Crippen molar-refractivity contribution in [2.45, 2.75) is 52.1 Å². The molecule has 0 aliphatic heterocycles. The van der Waals surface area contributed by atoms with E-state index in [0.29, 0.717) is 23.9 Å². The first kappa shape index (κ1) is 14.9. The molecule has 3 nitrogen and oxygen atoms in total. The molecule has 0 amide bonds. The fraction of sp³-hybridized carbons (Fsp3) is 1.00. The van der Waals surface area contributed by atoms with Gasteiger partial charge in [0.15, 0.2) is 0 Å². The Kier molecular flexibility index (Phi) is 6.45. The molecule has 0 radical (unpaired) electrons. The summed E-state index contributed by atoms with van der Waals surface area (Å²) in [6.45, 7) is 9.61. The zero-order valence-electron chi connectivity index (χ0n) is 12.0. The van der Waals surface area contributed by atoms with Crippen LogP contribution in [0.1, 0.15) is 40.0 Å². The van der Waals surface area contributed by atoms with Gasteiger partial charge in [0.05, 0.1) is 6.61 Å². The molecule has 17 heavy (non-hydrogen) atoms. The minimum absolute atomic E-state index is 0.530. The Morgan fingerprint density at radius 2 is 2.06 bits per heavy atom. The number of methoxy groups -OCH3 is 1. The van der Waals surface area contributed by atoms with Crippen LogP contribution < -0.4 is 5.73 Å². The van der Waals surface area contributed by atoms with Crippen molar-refractivity contribution in [3.05, 3.63) is 0 Å². The smallest absolute Gasteiger partial charge is 0.0620 e. The predicted molar refractivity (Wildman–Crippen MR) is 73.1 cm³/mol. The highest BCUT2D eigenvalue weighted by Gasteiger charge is 2.34. The molecule has 0 bridgehead atoms. The average molecular weight is 242 g/mol. The molecule has 0 saturated heterocycles. The topological polar surface area (TPSA) is 38.5 Å². The first-order chi connectivity index (χ1) is 8.15. The highest BCUT2D eigenvalue weighted by atomic mass is 16.5. The van der Waals surface area contributed by atoms with E-state index in [4.69, 9.17) is 10.5 Å². The fourth-order valence-electron chi connectivity index (χ4n) is 3.29. The van der Waals surface area contributed by atoms with Gasteiger partial charge in [-0.25, -0.2) is 0 Å². The minimum atomic E-state index is 0.530. The quantitative estimate of drug-likeness (QED) is 0.743. The lowest BCUT2D eigenvalue weighted by Gasteiger charge is -2.40. The average Bonchev–Trinajstić information content (AvgIpc) is 2.77. The lowest BCUT2D eigenvalue weighted by molar-refractivity contribution is 0.0289. The summed E-state index contributed by atoms with van der Waals surface area (Å²) in [5, 5.41) is 0. The first-order valence-corrected chi connectivity index (χ1v) is 7.10. The maximum absolute atomic E-state index is 5.91. The van der Waals surface area contributed by atoms with Crippen LogP contribution in [-0.4, -0.2) is 43.8 Å². The van der Waals surface area contributed by atoms with Gasteiger partial charge in [0.25, 0.3) is 0 Å². The number of likely N-dealkylation sites (N-methyl/N-ethyl adjacent to an activating group) is 1. The molecule has 0 aromatic carbocycles. The molecule has 0 spiro atoms.